The van der Waals surface area contributed by atoms with Crippen LogP contribution in [0.2, 0.25) is 0 Å². The predicted octanol–water partition coefficient (Wildman–Crippen LogP) is 4.09. The molecule has 65 heavy (non-hydrogen) atoms. The first kappa shape index (κ1) is 51.1. The van der Waals surface area contributed by atoms with Crippen molar-refractivity contribution in [1.82, 2.24) is 32.3 Å². The largest absolute Gasteiger partial charge is 2.00 e. The van der Waals surface area contributed by atoms with Gasteiger partial charge >= 0.3 is 17.1 Å². The summed E-state index contributed by atoms with van der Waals surface area (Å²) in [5.74, 6) is -0.781. The molecular weight excluding hydrogens is 917 g/mol. The Kier molecular flexibility index (Phi) is 20.7. The number of hydrogen-bond donors (Lipinski definition) is 8. The number of benzene rings is 4. The van der Waals surface area contributed by atoms with E-state index in [2.05, 4.69) is 43.0 Å². The van der Waals surface area contributed by atoms with E-state index in [-0.39, 0.29) is 63.3 Å². The van der Waals surface area contributed by atoms with Crippen LogP contribution in [-0.4, -0.2) is 55.8 Å². The molecule has 0 saturated heterocycles. The Morgan fingerprint density at radius 1 is 0.492 bits per heavy atom. The van der Waals surface area contributed by atoms with Gasteiger partial charge < -0.3 is 21.3 Å². The molecule has 2 aliphatic carbocycles. The maximum atomic E-state index is 12.8. The zero-order valence-corrected chi connectivity index (χ0v) is 36.6. The quantitative estimate of drug-likeness (QED) is 0.0384. The van der Waals surface area contributed by atoms with Gasteiger partial charge in [-0.1, -0.05) is 60.7 Å². The summed E-state index contributed by atoms with van der Waals surface area (Å²) in [5.41, 5.74) is 12.8. The standard InChI is InChI=1S/2C22H20N5O4S.Fe/c2*28-20(16-8-4-5-9-16)24-19(14-15-6-2-1-3-7-15)21(29)25-26-22(32)23-17-10-12-18(13-11-17)27(30)31;/h2*1-13,19H,14H2,(H,24,28)(H,25,29)(H2,23,26,32);/q;;+2/t2*19-;/m00./s1. The predicted molar refractivity (Wildman–Crippen MR) is 246 cm³/mol. The number of nitro groups is 2. The van der Waals surface area contributed by atoms with Crippen LogP contribution in [0.4, 0.5) is 22.7 Å². The molecule has 4 amide bonds. The summed E-state index contributed by atoms with van der Waals surface area (Å²) in [6.07, 6.45) is 14.2. The van der Waals surface area contributed by atoms with Crippen molar-refractivity contribution in [2.24, 2.45) is 0 Å². The van der Waals surface area contributed by atoms with E-state index in [1.165, 1.54) is 48.5 Å². The Morgan fingerprint density at radius 2 is 0.815 bits per heavy atom. The van der Waals surface area contributed by atoms with Crippen molar-refractivity contribution in [3.05, 3.63) is 204 Å². The summed E-state index contributed by atoms with van der Waals surface area (Å²) in [4.78, 5) is 70.9. The van der Waals surface area contributed by atoms with Crippen molar-refractivity contribution < 1.29 is 46.1 Å². The second-order valence-corrected chi connectivity index (χ2v) is 14.3. The number of thiocarbonyl (C=S) groups is 2. The number of hydrazine groups is 2. The zero-order valence-electron chi connectivity index (χ0n) is 33.9. The van der Waals surface area contributed by atoms with E-state index < -0.39 is 33.7 Å². The maximum absolute atomic E-state index is 12.8. The molecule has 0 unspecified atom stereocenters. The second-order valence-electron chi connectivity index (χ2n) is 13.5. The number of amides is 4. The SMILES string of the molecule is O=C(N[C@@H](Cc1ccccc1)C(=O)NNC(=S)Nc1ccc([N+](=O)[O-])cc1)[C]1[CH][CH][CH][CH]1.O=C(N[C@@H](Cc1ccccc1)C(=O)NNC(=S)Nc1ccc([N+](=O)[O-])cc1)[C]1[CH][CH][CH][CH]1.[Fe+2]. The Hall–Kier alpha value is -6.54. The summed E-state index contributed by atoms with van der Waals surface area (Å²) < 4.78 is 0. The van der Waals surface area contributed by atoms with Crippen LogP contribution in [0.1, 0.15) is 11.1 Å². The molecule has 2 aliphatic rings. The van der Waals surface area contributed by atoms with Crippen LogP contribution >= 0.6 is 24.4 Å². The van der Waals surface area contributed by atoms with E-state index in [1.807, 2.05) is 60.7 Å². The van der Waals surface area contributed by atoms with Crippen LogP contribution < -0.4 is 43.0 Å². The number of non-ortho nitro benzene ring substituents is 2. The molecular formula is C44H40FeN10O8S2+2. The molecule has 8 N–H and O–H groups in total. The smallest absolute Gasteiger partial charge is 0.343 e. The molecule has 18 nitrogen and oxygen atoms in total. The monoisotopic (exact) mass is 956 g/mol. The number of carbonyl (C=O) groups excluding carboxylic acids is 4. The van der Waals surface area contributed by atoms with Crippen LogP contribution in [0.25, 0.3) is 0 Å². The maximum Gasteiger partial charge on any atom is 2.00 e. The number of nitrogens with one attached hydrogen (secondary N) is 8. The van der Waals surface area contributed by atoms with E-state index in [0.29, 0.717) is 23.2 Å². The summed E-state index contributed by atoms with van der Waals surface area (Å²) in [6.45, 7) is 0. The van der Waals surface area contributed by atoms with Crippen LogP contribution in [0.15, 0.2) is 109 Å². The third-order valence-corrected chi connectivity index (χ3v) is 9.34. The third-order valence-electron chi connectivity index (χ3n) is 8.93. The fourth-order valence-corrected chi connectivity index (χ4v) is 6.06. The average molecular weight is 957 g/mol. The number of nitro benzene ring substituents is 2. The van der Waals surface area contributed by atoms with Crippen molar-refractivity contribution in [3.63, 3.8) is 0 Å². The molecule has 2 atom stereocenters. The molecule has 0 aliphatic heterocycles. The fourth-order valence-electron chi connectivity index (χ4n) is 5.72. The van der Waals surface area contributed by atoms with Crippen LogP contribution in [0.3, 0.4) is 0 Å². The normalized spacial score (nSPS) is 14.0. The minimum atomic E-state index is -0.852. The zero-order chi connectivity index (χ0) is 45.8. The number of carbonyl (C=O) groups is 4. The van der Waals surface area contributed by atoms with Gasteiger partial charge in [-0.05, 0) is 111 Å². The average Bonchev–Trinajstić information content (AvgIpc) is 4.05. The molecule has 0 aromatic heterocycles. The van der Waals surface area contributed by atoms with Gasteiger partial charge in [0.25, 0.3) is 23.2 Å². The molecule has 0 spiro atoms. The molecule has 21 heteroatoms. The van der Waals surface area contributed by atoms with Gasteiger partial charge in [-0.15, -0.1) is 0 Å². The van der Waals surface area contributed by atoms with Gasteiger partial charge in [-0.2, -0.15) is 0 Å². The molecule has 0 bridgehead atoms. The topological polar surface area (TPSA) is 251 Å². The summed E-state index contributed by atoms with van der Waals surface area (Å²) in [7, 11) is 0. The van der Waals surface area contributed by atoms with Gasteiger partial charge in [0.15, 0.2) is 10.2 Å². The van der Waals surface area contributed by atoms with E-state index >= 15 is 0 Å². The van der Waals surface area contributed by atoms with E-state index in [4.69, 9.17) is 24.4 Å². The summed E-state index contributed by atoms with van der Waals surface area (Å²) in [5, 5.41) is 32.7. The molecule has 4 aromatic carbocycles. The number of nitrogens with zero attached hydrogens (tertiary/aromatic N) is 2. The molecule has 4 aromatic rings. The first-order valence-electron chi connectivity index (χ1n) is 19.2. The molecule has 332 valence electrons. The Bertz CT molecular complexity index is 2090. The Morgan fingerprint density at radius 3 is 1.12 bits per heavy atom. The van der Waals surface area contributed by atoms with Crippen LogP contribution in [0.5, 0.6) is 0 Å². The van der Waals surface area contributed by atoms with Crippen molar-refractivity contribution in [1.29, 1.82) is 0 Å². The van der Waals surface area contributed by atoms with Gasteiger partial charge in [0.2, 0.25) is 11.8 Å². The Labute approximate surface area is 397 Å². The number of rotatable bonds is 14. The van der Waals surface area contributed by atoms with Crippen molar-refractivity contribution in [2.45, 2.75) is 24.9 Å². The second kappa shape index (κ2) is 26.3. The van der Waals surface area contributed by atoms with Gasteiger partial charge in [-0.25, -0.2) is 0 Å². The molecule has 6 rings (SSSR count). The minimum absolute atomic E-state index is 0. The minimum Gasteiger partial charge on any atom is -0.343 e. The first-order chi connectivity index (χ1) is 30.8. The molecule has 0 heterocycles. The van der Waals surface area contributed by atoms with E-state index in [1.54, 1.807) is 51.4 Å². The van der Waals surface area contributed by atoms with Crippen molar-refractivity contribution in [2.75, 3.05) is 10.6 Å². The first-order valence-corrected chi connectivity index (χ1v) is 20.0. The molecule has 2 saturated carbocycles. The number of hydrogen-bond acceptors (Lipinski definition) is 10. The van der Waals surface area contributed by atoms with Crippen molar-refractivity contribution >= 4 is 81.0 Å². The number of anilines is 2. The summed E-state index contributed by atoms with van der Waals surface area (Å²) in [6, 6.07) is 28.2. The van der Waals surface area contributed by atoms with Gasteiger partial charge in [0.1, 0.15) is 12.1 Å². The van der Waals surface area contributed by atoms with E-state index in [0.717, 1.165) is 11.1 Å². The van der Waals surface area contributed by atoms with Crippen LogP contribution in [-0.2, 0) is 49.1 Å². The van der Waals surface area contributed by atoms with Crippen LogP contribution in [0, 0.1) is 83.4 Å². The van der Waals surface area contributed by atoms with Crippen molar-refractivity contribution in [3.8, 4) is 0 Å². The van der Waals surface area contributed by atoms with Gasteiger partial charge in [0.05, 0.1) is 21.7 Å². The molecule has 2 fully saturated rings. The third kappa shape index (κ3) is 17.2. The van der Waals surface area contributed by atoms with Gasteiger partial charge in [0, 0.05) is 48.5 Å². The Balaban J connectivity index is 0.000000280. The fraction of sp³-hybridized carbons (Fsp3) is 0.0909. The summed E-state index contributed by atoms with van der Waals surface area (Å²) >= 11 is 10.3. The van der Waals surface area contributed by atoms with E-state index in [9.17, 15) is 39.4 Å². The molecule has 10 radical (unpaired) electrons. The van der Waals surface area contributed by atoms with Gasteiger partial charge in [-0.3, -0.25) is 61.1 Å².